The summed E-state index contributed by atoms with van der Waals surface area (Å²) in [4.78, 5) is -0.170. The summed E-state index contributed by atoms with van der Waals surface area (Å²) in [5, 5.41) is 1.91. The Morgan fingerprint density at radius 1 is 0.677 bits per heavy atom. The minimum absolute atomic E-state index is 0.170. The van der Waals surface area contributed by atoms with Gasteiger partial charge in [0.25, 0.3) is 10.1 Å². The van der Waals surface area contributed by atoms with Gasteiger partial charge in [0.2, 0.25) is 0 Å². The first-order chi connectivity index (χ1) is 14.8. The van der Waals surface area contributed by atoms with Crippen LogP contribution in [0.5, 0.6) is 23.0 Å². The molecule has 0 heterocycles. The molecule has 3 aromatic rings. The van der Waals surface area contributed by atoms with Crippen molar-refractivity contribution in [3.05, 3.63) is 60.7 Å². The molecule has 0 aliphatic rings. The molecule has 0 aromatic heterocycles. The lowest BCUT2D eigenvalue weighted by atomic mass is 10.3. The van der Waals surface area contributed by atoms with Crippen molar-refractivity contribution in [2.24, 2.45) is 0 Å². The lowest BCUT2D eigenvalue weighted by Gasteiger charge is -2.25. The van der Waals surface area contributed by atoms with Crippen LogP contribution < -0.4 is 34.9 Å². The second-order valence-corrected chi connectivity index (χ2v) is 9.86. The third-order valence-corrected chi connectivity index (χ3v) is 8.28. The van der Waals surface area contributed by atoms with E-state index in [-0.39, 0.29) is 4.90 Å². The van der Waals surface area contributed by atoms with Crippen LogP contribution >= 0.6 is 7.92 Å². The summed E-state index contributed by atoms with van der Waals surface area (Å²) in [6.07, 6.45) is 0. The molecule has 3 aromatic carbocycles. The molecule has 164 valence electrons. The highest BCUT2D eigenvalue weighted by atomic mass is 32.2. The Morgan fingerprint density at radius 3 is 1.58 bits per heavy atom. The van der Waals surface area contributed by atoms with E-state index in [2.05, 4.69) is 0 Å². The van der Waals surface area contributed by atoms with Gasteiger partial charge in [0, 0.05) is 28.0 Å². The van der Waals surface area contributed by atoms with Crippen LogP contribution in [0.15, 0.2) is 65.6 Å². The molecule has 0 saturated carbocycles. The van der Waals surface area contributed by atoms with Crippen LogP contribution in [-0.2, 0) is 10.1 Å². The Labute approximate surface area is 183 Å². The van der Waals surface area contributed by atoms with Crippen molar-refractivity contribution < 1.29 is 31.9 Å². The van der Waals surface area contributed by atoms with E-state index in [9.17, 15) is 13.0 Å². The van der Waals surface area contributed by atoms with E-state index in [1.54, 1.807) is 56.7 Å². The molecule has 0 bridgehead atoms. The van der Waals surface area contributed by atoms with Gasteiger partial charge in [0.1, 0.15) is 27.9 Å². The van der Waals surface area contributed by atoms with Gasteiger partial charge in [-0.15, -0.1) is 0 Å². The molecule has 0 atom stereocenters. The normalized spacial score (nSPS) is 11.3. The number of methoxy groups -OCH3 is 4. The maximum Gasteiger partial charge on any atom is 0.295 e. The minimum atomic E-state index is -4.47. The zero-order chi connectivity index (χ0) is 22.6. The third kappa shape index (κ3) is 4.77. The van der Waals surface area contributed by atoms with Gasteiger partial charge in [-0.05, 0) is 38.3 Å². The van der Waals surface area contributed by atoms with E-state index >= 15 is 0 Å². The van der Waals surface area contributed by atoms with Crippen molar-refractivity contribution in [3.8, 4) is 23.0 Å². The molecule has 0 spiro atoms. The molecule has 0 aliphatic carbocycles. The van der Waals surface area contributed by atoms with Crippen molar-refractivity contribution >= 4 is 34.0 Å². The number of benzene rings is 3. The molecule has 0 fully saturated rings. The van der Waals surface area contributed by atoms with E-state index in [1.165, 1.54) is 20.3 Å². The minimum Gasteiger partial charge on any atom is -0.497 e. The fourth-order valence-electron chi connectivity index (χ4n) is 3.19. The topological polar surface area (TPSA) is 91.3 Å². The summed E-state index contributed by atoms with van der Waals surface area (Å²) in [6, 6.07) is 17.0. The van der Waals surface area contributed by atoms with Gasteiger partial charge in [0.05, 0.1) is 28.4 Å². The van der Waals surface area contributed by atoms with E-state index in [0.29, 0.717) is 28.3 Å². The fraction of sp³-hybridized carbons (Fsp3) is 0.182. The molecule has 3 rings (SSSR count). The molecule has 0 radical (unpaired) electrons. The lowest BCUT2D eigenvalue weighted by molar-refractivity contribution is 0.396. The monoisotopic (exact) mass is 462 g/mol. The summed E-state index contributed by atoms with van der Waals surface area (Å²) < 4.78 is 56.1. The number of hydrogen-bond acceptors (Lipinski definition) is 6. The van der Waals surface area contributed by atoms with Gasteiger partial charge in [-0.2, -0.15) is 8.42 Å². The van der Waals surface area contributed by atoms with E-state index < -0.39 is 18.0 Å². The smallest absolute Gasteiger partial charge is 0.295 e. The van der Waals surface area contributed by atoms with E-state index in [0.717, 1.165) is 10.6 Å². The second-order valence-electron chi connectivity index (χ2n) is 6.35. The highest BCUT2D eigenvalue weighted by Crippen LogP contribution is 2.42. The summed E-state index contributed by atoms with van der Waals surface area (Å²) in [5.41, 5.74) is 0. The molecule has 0 saturated heterocycles. The van der Waals surface area contributed by atoms with Gasteiger partial charge in [-0.1, -0.05) is 18.2 Å². The van der Waals surface area contributed by atoms with Gasteiger partial charge in [-0.3, -0.25) is 4.55 Å². The molecule has 0 amide bonds. The Balaban J connectivity index is 2.38. The van der Waals surface area contributed by atoms with Crippen molar-refractivity contribution in [1.82, 2.24) is 0 Å². The summed E-state index contributed by atoms with van der Waals surface area (Å²) >= 11 is 0. The van der Waals surface area contributed by atoms with Crippen molar-refractivity contribution in [1.29, 1.82) is 0 Å². The maximum absolute atomic E-state index is 12.2. The molecule has 1 N–H and O–H groups in total. The van der Waals surface area contributed by atoms with Crippen molar-refractivity contribution in [3.63, 3.8) is 0 Å². The molecule has 0 aliphatic heterocycles. The predicted molar refractivity (Wildman–Crippen MR) is 121 cm³/mol. The molecular formula is C22H23O7PS. The van der Waals surface area contributed by atoms with Crippen LogP contribution in [0.4, 0.5) is 0 Å². The average molecular weight is 462 g/mol. The third-order valence-electron chi connectivity index (χ3n) is 4.64. The van der Waals surface area contributed by atoms with Crippen LogP contribution in [0, 0.1) is 0 Å². The molecule has 9 heteroatoms. The van der Waals surface area contributed by atoms with Gasteiger partial charge < -0.3 is 18.9 Å². The van der Waals surface area contributed by atoms with Gasteiger partial charge in [0.15, 0.2) is 0 Å². The lowest BCUT2D eigenvalue weighted by Crippen LogP contribution is -2.26. The predicted octanol–water partition coefficient (Wildman–Crippen LogP) is 2.73. The quantitative estimate of drug-likeness (QED) is 0.407. The number of ether oxygens (including phenoxy) is 4. The molecular weight excluding hydrogens is 439 g/mol. The Bertz CT molecular complexity index is 1120. The number of rotatable bonds is 8. The van der Waals surface area contributed by atoms with Crippen LogP contribution in [0.2, 0.25) is 0 Å². The highest BCUT2D eigenvalue weighted by Gasteiger charge is 2.29. The average Bonchev–Trinajstić information content (AvgIpc) is 2.79. The zero-order valence-corrected chi connectivity index (χ0v) is 19.2. The van der Waals surface area contributed by atoms with Crippen LogP contribution in [0.1, 0.15) is 0 Å². The summed E-state index contributed by atoms with van der Waals surface area (Å²) in [7, 11) is 0.179. The molecule has 7 nitrogen and oxygen atoms in total. The van der Waals surface area contributed by atoms with Crippen LogP contribution in [0.3, 0.4) is 0 Å². The Kier molecular flexibility index (Phi) is 7.05. The fourth-order valence-corrected chi connectivity index (χ4v) is 6.90. The first-order valence-corrected chi connectivity index (χ1v) is 11.9. The summed E-state index contributed by atoms with van der Waals surface area (Å²) in [6.45, 7) is 0. The van der Waals surface area contributed by atoms with Gasteiger partial charge >= 0.3 is 0 Å². The van der Waals surface area contributed by atoms with E-state index in [4.69, 9.17) is 18.9 Å². The molecule has 0 unspecified atom stereocenters. The summed E-state index contributed by atoms with van der Waals surface area (Å²) in [5.74, 6) is 2.24. The SMILES string of the molecule is COc1ccc(P(c2ccc(OC)cc2OC)c2ccccc2S(=O)(=O)O)c(OC)c1. The Hall–Kier alpha value is -2.80. The largest absolute Gasteiger partial charge is 0.497 e. The zero-order valence-electron chi connectivity index (χ0n) is 17.5. The molecule has 31 heavy (non-hydrogen) atoms. The van der Waals surface area contributed by atoms with Crippen LogP contribution in [-0.4, -0.2) is 41.4 Å². The van der Waals surface area contributed by atoms with E-state index in [1.807, 2.05) is 12.1 Å². The van der Waals surface area contributed by atoms with Crippen molar-refractivity contribution in [2.75, 3.05) is 28.4 Å². The highest BCUT2D eigenvalue weighted by molar-refractivity contribution is 7.88. The standard InChI is InChI=1S/C22H23O7PS/c1-26-15-9-11-19(17(13-15)28-3)30(20-12-10-16(27-2)14-18(20)29-4)21-7-5-6-8-22(21)31(23,24)25/h5-14H,1-4H3,(H,23,24,25). The Morgan fingerprint density at radius 2 is 1.16 bits per heavy atom. The van der Waals surface area contributed by atoms with Crippen LogP contribution in [0.25, 0.3) is 0 Å². The maximum atomic E-state index is 12.2. The number of hydrogen-bond donors (Lipinski definition) is 1. The second kappa shape index (κ2) is 9.56. The van der Waals surface area contributed by atoms with Gasteiger partial charge in [-0.25, -0.2) is 0 Å². The first kappa shape index (κ1) is 22.9. The first-order valence-electron chi connectivity index (χ1n) is 9.14. The van der Waals surface area contributed by atoms with Crippen molar-refractivity contribution in [2.45, 2.75) is 4.90 Å².